The van der Waals surface area contributed by atoms with Gasteiger partial charge in [0, 0.05) is 41.1 Å². The molecule has 1 aliphatic rings. The Labute approximate surface area is 339 Å². The minimum atomic E-state index is -1.14. The maximum absolute atomic E-state index is 16.0. The molecule has 14 heteroatoms. The summed E-state index contributed by atoms with van der Waals surface area (Å²) >= 11 is 12.5. The van der Waals surface area contributed by atoms with Crippen molar-refractivity contribution in [1.29, 1.82) is 0 Å². The molecule has 0 saturated carbocycles. The summed E-state index contributed by atoms with van der Waals surface area (Å²) in [5, 5.41) is 9.30. The predicted molar refractivity (Wildman–Crippen MR) is 215 cm³/mol. The highest BCUT2D eigenvalue weighted by atomic mass is 35.5. The van der Waals surface area contributed by atoms with Crippen molar-refractivity contribution in [3.05, 3.63) is 93.0 Å². The van der Waals surface area contributed by atoms with Crippen LogP contribution in [0.4, 0.5) is 14.5 Å². The molecule has 2 amide bonds. The van der Waals surface area contributed by atoms with E-state index in [1.807, 2.05) is 27.7 Å². The smallest absolute Gasteiger partial charge is 0.251 e. The Balaban J connectivity index is 1.44. The van der Waals surface area contributed by atoms with Gasteiger partial charge in [-0.15, -0.1) is 0 Å². The van der Waals surface area contributed by atoms with Crippen molar-refractivity contribution < 1.29 is 42.1 Å². The minimum Gasteiger partial charge on any atom is -0.495 e. The minimum absolute atomic E-state index is 0.114. The molecule has 0 spiro atoms. The lowest BCUT2D eigenvalue weighted by molar-refractivity contribution is -0.118. The lowest BCUT2D eigenvalue weighted by atomic mass is 9.63. The van der Waals surface area contributed by atoms with E-state index < -0.39 is 41.0 Å². The number of halogens is 4. The van der Waals surface area contributed by atoms with Crippen LogP contribution in [0.5, 0.6) is 5.75 Å². The summed E-state index contributed by atoms with van der Waals surface area (Å²) in [5.41, 5.74) is -0.348. The molecule has 0 aliphatic carbocycles. The van der Waals surface area contributed by atoms with Gasteiger partial charge in [0.15, 0.2) is 0 Å². The SMILES string of the molecule is CCCOCCOCCOCCOCCNC(=O)c1ccc(NC(=O)[C@@H]2N[C@@H](CC(C)(C)C)[C@](C)(c3ccc(Cl)cc3F)[C@H]2c2cccc(Cl)c2F)c(OC)c1. The summed E-state index contributed by atoms with van der Waals surface area (Å²) in [6, 6.07) is 12.2. The number of anilines is 1. The molecule has 3 N–H and O–H groups in total. The fourth-order valence-electron chi connectivity index (χ4n) is 7.10. The van der Waals surface area contributed by atoms with Crippen LogP contribution in [0, 0.1) is 17.0 Å². The van der Waals surface area contributed by atoms with Crippen LogP contribution in [-0.4, -0.2) is 90.4 Å². The zero-order valence-electron chi connectivity index (χ0n) is 33.1. The van der Waals surface area contributed by atoms with Crippen molar-refractivity contribution >= 4 is 40.7 Å². The zero-order valence-corrected chi connectivity index (χ0v) is 34.6. The van der Waals surface area contributed by atoms with Gasteiger partial charge >= 0.3 is 0 Å². The van der Waals surface area contributed by atoms with Gasteiger partial charge in [0.1, 0.15) is 17.4 Å². The lowest BCUT2D eigenvalue weighted by Gasteiger charge is -2.40. The van der Waals surface area contributed by atoms with Crippen LogP contribution in [0.25, 0.3) is 0 Å². The number of rotatable bonds is 21. The first-order valence-electron chi connectivity index (χ1n) is 18.9. The van der Waals surface area contributed by atoms with E-state index in [1.54, 1.807) is 36.4 Å². The van der Waals surface area contributed by atoms with Crippen molar-refractivity contribution in [2.45, 2.75) is 70.9 Å². The summed E-state index contributed by atoms with van der Waals surface area (Å²) in [6.45, 7) is 14.1. The van der Waals surface area contributed by atoms with E-state index in [2.05, 4.69) is 22.9 Å². The molecule has 4 rings (SSSR count). The molecular formula is C42H55Cl2F2N3O7. The summed E-state index contributed by atoms with van der Waals surface area (Å²) in [5.74, 6) is -2.80. The van der Waals surface area contributed by atoms with Gasteiger partial charge in [0.25, 0.3) is 5.91 Å². The number of carbonyl (C=O) groups excluding carboxylic acids is 2. The molecule has 0 aromatic heterocycles. The molecule has 0 bridgehead atoms. The highest BCUT2D eigenvalue weighted by molar-refractivity contribution is 6.31. The topological polar surface area (TPSA) is 116 Å². The number of carbonyl (C=O) groups is 2. The van der Waals surface area contributed by atoms with Crippen molar-refractivity contribution in [2.24, 2.45) is 5.41 Å². The maximum Gasteiger partial charge on any atom is 0.251 e. The Hall–Kier alpha value is -3.36. The zero-order chi connectivity index (χ0) is 40.9. The second-order valence-corrected chi connectivity index (χ2v) is 15.9. The molecule has 1 saturated heterocycles. The number of hydrogen-bond acceptors (Lipinski definition) is 8. The molecule has 1 heterocycles. The Morgan fingerprint density at radius 2 is 1.52 bits per heavy atom. The quantitative estimate of drug-likeness (QED) is 0.0929. The summed E-state index contributed by atoms with van der Waals surface area (Å²) in [4.78, 5) is 27.4. The van der Waals surface area contributed by atoms with Crippen LogP contribution in [0.3, 0.4) is 0 Å². The van der Waals surface area contributed by atoms with Crippen LogP contribution in [0.2, 0.25) is 10.0 Å². The highest BCUT2D eigenvalue weighted by Crippen LogP contribution is 2.53. The van der Waals surface area contributed by atoms with Crippen molar-refractivity contribution in [2.75, 3.05) is 71.8 Å². The number of amides is 2. The van der Waals surface area contributed by atoms with E-state index in [9.17, 15) is 9.59 Å². The molecule has 4 atom stereocenters. The first kappa shape index (κ1) is 45.3. The van der Waals surface area contributed by atoms with Crippen molar-refractivity contribution in [3.63, 3.8) is 0 Å². The van der Waals surface area contributed by atoms with Gasteiger partial charge < -0.3 is 39.6 Å². The largest absolute Gasteiger partial charge is 0.495 e. The van der Waals surface area contributed by atoms with Gasteiger partial charge in [0.2, 0.25) is 5.91 Å². The average molecular weight is 823 g/mol. The predicted octanol–water partition coefficient (Wildman–Crippen LogP) is 7.94. The number of benzene rings is 3. The van der Waals surface area contributed by atoms with Crippen LogP contribution < -0.4 is 20.7 Å². The number of methoxy groups -OCH3 is 1. The molecule has 0 radical (unpaired) electrons. The van der Waals surface area contributed by atoms with E-state index in [1.165, 1.54) is 25.3 Å². The maximum atomic E-state index is 16.0. The van der Waals surface area contributed by atoms with Crippen LogP contribution >= 0.6 is 23.2 Å². The van der Waals surface area contributed by atoms with Gasteiger partial charge in [-0.25, -0.2) is 8.78 Å². The standard InChI is InChI=1S/C42H55Cl2F2N3O7/c1-7-16-53-18-20-55-22-23-56-21-19-54-17-15-47-39(50)27-11-14-33(34(24-27)52-6)48-40(51)38-36(29-9-8-10-31(44)37(29)46)42(5,35(49-38)26-41(2,3)4)30-13-12-28(43)25-32(30)45/h8-14,24-25,35-36,38,49H,7,15-23,26H2,1-6H3,(H,47,50)(H,48,51)/t35-,36-,38+,42-/m0/s1. The van der Waals surface area contributed by atoms with Crippen molar-refractivity contribution in [3.8, 4) is 5.75 Å². The Bertz CT molecular complexity index is 1760. The average Bonchev–Trinajstić information content (AvgIpc) is 3.43. The van der Waals surface area contributed by atoms with Gasteiger partial charge in [-0.1, -0.05) is 76.0 Å². The summed E-state index contributed by atoms with van der Waals surface area (Å²) in [6.07, 6.45) is 1.50. The number of ether oxygens (including phenoxy) is 5. The molecule has 10 nitrogen and oxygen atoms in total. The summed E-state index contributed by atoms with van der Waals surface area (Å²) in [7, 11) is 1.43. The Kier molecular flexibility index (Phi) is 17.3. The highest BCUT2D eigenvalue weighted by Gasteiger charge is 2.57. The molecule has 0 unspecified atom stereocenters. The summed E-state index contributed by atoms with van der Waals surface area (Å²) < 4.78 is 59.4. The molecule has 3 aromatic rings. The van der Waals surface area contributed by atoms with E-state index in [0.29, 0.717) is 62.9 Å². The second kappa shape index (κ2) is 21.4. The normalized spacial score (nSPS) is 19.6. The molecule has 308 valence electrons. The van der Waals surface area contributed by atoms with E-state index >= 15 is 8.78 Å². The fraction of sp³-hybridized carbons (Fsp3) is 0.524. The molecule has 3 aromatic carbocycles. The molecule has 56 heavy (non-hydrogen) atoms. The molecule has 1 fully saturated rings. The third-order valence-electron chi connectivity index (χ3n) is 9.73. The number of nitrogens with one attached hydrogen (secondary N) is 3. The van der Waals surface area contributed by atoms with Crippen molar-refractivity contribution in [1.82, 2.24) is 10.6 Å². The third kappa shape index (κ3) is 12.1. The van der Waals surface area contributed by atoms with Gasteiger partial charge in [-0.2, -0.15) is 0 Å². The number of hydrogen-bond donors (Lipinski definition) is 3. The van der Waals surface area contributed by atoms with E-state index in [-0.39, 0.29) is 45.8 Å². The van der Waals surface area contributed by atoms with Crippen LogP contribution in [0.15, 0.2) is 54.6 Å². The fourth-order valence-corrected chi connectivity index (χ4v) is 7.44. The van der Waals surface area contributed by atoms with Gasteiger partial charge in [-0.05, 0) is 65.8 Å². The lowest BCUT2D eigenvalue weighted by Crippen LogP contribution is -2.44. The first-order valence-corrected chi connectivity index (χ1v) is 19.7. The monoisotopic (exact) mass is 821 g/mol. The third-order valence-corrected chi connectivity index (χ3v) is 10.3. The van der Waals surface area contributed by atoms with Gasteiger partial charge in [0.05, 0.1) is 70.1 Å². The second-order valence-electron chi connectivity index (χ2n) is 15.1. The van der Waals surface area contributed by atoms with E-state index in [4.69, 9.17) is 46.9 Å². The van der Waals surface area contributed by atoms with Gasteiger partial charge in [-0.3, -0.25) is 9.59 Å². The van der Waals surface area contributed by atoms with Crippen LogP contribution in [0.1, 0.15) is 74.9 Å². The van der Waals surface area contributed by atoms with Crippen LogP contribution in [-0.2, 0) is 29.2 Å². The Morgan fingerprint density at radius 3 is 2.12 bits per heavy atom. The molecule has 1 aliphatic heterocycles. The first-order chi connectivity index (χ1) is 26.7. The molecular weight excluding hydrogens is 767 g/mol. The van der Waals surface area contributed by atoms with E-state index in [0.717, 1.165) is 13.0 Å². The Morgan fingerprint density at radius 1 is 0.875 bits per heavy atom.